The first kappa shape index (κ1) is 16.8. The third-order valence-corrected chi connectivity index (χ3v) is 4.77. The summed E-state index contributed by atoms with van der Waals surface area (Å²) in [5.41, 5.74) is 0.504. The van der Waals surface area contributed by atoms with E-state index in [1.807, 2.05) is 6.92 Å². The van der Waals surface area contributed by atoms with E-state index in [9.17, 15) is 14.4 Å². The number of nitrogens with zero attached hydrogens (tertiary/aromatic N) is 1. The summed E-state index contributed by atoms with van der Waals surface area (Å²) in [4.78, 5) is 38.6. The van der Waals surface area contributed by atoms with E-state index in [0.717, 1.165) is 6.42 Å². The average Bonchev–Trinajstić information content (AvgIpc) is 2.98. The normalized spacial score (nSPS) is 26.1. The van der Waals surface area contributed by atoms with Crippen LogP contribution in [0.1, 0.15) is 36.5 Å². The van der Waals surface area contributed by atoms with Crippen molar-refractivity contribution in [2.24, 2.45) is 0 Å². The lowest BCUT2D eigenvalue weighted by atomic mass is 10.0. The number of rotatable bonds is 4. The highest BCUT2D eigenvalue weighted by Gasteiger charge is 2.46. The van der Waals surface area contributed by atoms with Crippen LogP contribution in [0.3, 0.4) is 0 Å². The van der Waals surface area contributed by atoms with E-state index in [-0.39, 0.29) is 23.8 Å². The van der Waals surface area contributed by atoms with Gasteiger partial charge in [0, 0.05) is 23.2 Å². The van der Waals surface area contributed by atoms with Gasteiger partial charge in [-0.2, -0.15) is 0 Å². The van der Waals surface area contributed by atoms with Gasteiger partial charge in [-0.05, 0) is 37.1 Å². The number of piperazine rings is 1. The van der Waals surface area contributed by atoms with Crippen molar-refractivity contribution in [1.29, 1.82) is 0 Å². The number of carbonyl (C=O) groups excluding carboxylic acids is 3. The van der Waals surface area contributed by atoms with E-state index in [2.05, 4.69) is 10.6 Å². The van der Waals surface area contributed by atoms with Gasteiger partial charge in [0.25, 0.3) is 5.91 Å². The molecule has 0 aliphatic carbocycles. The molecule has 0 bridgehead atoms. The number of halogens is 1. The summed E-state index contributed by atoms with van der Waals surface area (Å²) in [6, 6.07) is 5.45. The van der Waals surface area contributed by atoms with Crippen molar-refractivity contribution < 1.29 is 14.4 Å². The molecule has 128 valence electrons. The molecule has 2 heterocycles. The minimum Gasteiger partial charge on any atom is -0.347 e. The standard InChI is InChI=1S/C17H20ClN3O3/c1-2-3-13-17(24)21-9-12(8-14(21)16(23)20-13)19-15(22)10-4-6-11(18)7-5-10/h4-7,12-14H,2-3,8-9H2,1H3,(H,19,22)(H,20,23)/t12-,13-,14-/m0/s1. The second-order valence-electron chi connectivity index (χ2n) is 6.27. The number of nitrogens with one attached hydrogen (secondary N) is 2. The van der Waals surface area contributed by atoms with Gasteiger partial charge in [-0.3, -0.25) is 14.4 Å². The van der Waals surface area contributed by atoms with Crippen LogP contribution in [0.15, 0.2) is 24.3 Å². The molecule has 3 amide bonds. The van der Waals surface area contributed by atoms with Crippen molar-refractivity contribution in [3.05, 3.63) is 34.9 Å². The lowest BCUT2D eigenvalue weighted by Gasteiger charge is -2.34. The van der Waals surface area contributed by atoms with E-state index in [1.54, 1.807) is 29.2 Å². The van der Waals surface area contributed by atoms with Gasteiger partial charge in [-0.25, -0.2) is 0 Å². The predicted molar refractivity (Wildman–Crippen MR) is 89.7 cm³/mol. The Morgan fingerprint density at radius 3 is 2.71 bits per heavy atom. The monoisotopic (exact) mass is 349 g/mol. The number of hydrogen-bond acceptors (Lipinski definition) is 3. The van der Waals surface area contributed by atoms with Crippen LogP contribution in [-0.2, 0) is 9.59 Å². The molecule has 2 aliphatic rings. The molecular weight excluding hydrogens is 330 g/mol. The lowest BCUT2D eigenvalue weighted by molar-refractivity contribution is -0.147. The topological polar surface area (TPSA) is 78.5 Å². The Morgan fingerprint density at radius 2 is 2.04 bits per heavy atom. The molecule has 2 N–H and O–H groups in total. The van der Waals surface area contributed by atoms with Gasteiger partial charge in [-0.15, -0.1) is 0 Å². The molecule has 2 aliphatic heterocycles. The molecule has 6 nitrogen and oxygen atoms in total. The Balaban J connectivity index is 1.66. The van der Waals surface area contributed by atoms with E-state index in [1.165, 1.54) is 0 Å². The Bertz CT molecular complexity index is 662. The Labute approximate surface area is 145 Å². The zero-order chi connectivity index (χ0) is 17.3. The van der Waals surface area contributed by atoms with Crippen LogP contribution in [0.25, 0.3) is 0 Å². The fourth-order valence-corrected chi connectivity index (χ4v) is 3.44. The lowest BCUT2D eigenvalue weighted by Crippen LogP contribution is -2.61. The molecule has 3 rings (SSSR count). The molecule has 0 unspecified atom stereocenters. The van der Waals surface area contributed by atoms with Gasteiger partial charge < -0.3 is 15.5 Å². The summed E-state index contributed by atoms with van der Waals surface area (Å²) in [7, 11) is 0. The van der Waals surface area contributed by atoms with Crippen molar-refractivity contribution in [1.82, 2.24) is 15.5 Å². The third kappa shape index (κ3) is 3.24. The molecule has 0 radical (unpaired) electrons. The fraction of sp³-hybridized carbons (Fsp3) is 0.471. The Kier molecular flexibility index (Phi) is 4.76. The average molecular weight is 350 g/mol. The zero-order valence-electron chi connectivity index (χ0n) is 13.4. The summed E-state index contributed by atoms with van der Waals surface area (Å²) in [5, 5.41) is 6.26. The zero-order valence-corrected chi connectivity index (χ0v) is 14.2. The Hall–Kier alpha value is -2.08. The van der Waals surface area contributed by atoms with Gasteiger partial charge in [0.2, 0.25) is 11.8 Å². The molecule has 1 aromatic rings. The maximum absolute atomic E-state index is 12.5. The maximum atomic E-state index is 12.5. The first-order chi connectivity index (χ1) is 11.5. The first-order valence-corrected chi connectivity index (χ1v) is 8.54. The van der Waals surface area contributed by atoms with Crippen molar-refractivity contribution >= 4 is 29.3 Å². The number of carbonyl (C=O) groups is 3. The van der Waals surface area contributed by atoms with Gasteiger partial charge >= 0.3 is 0 Å². The first-order valence-electron chi connectivity index (χ1n) is 8.17. The molecule has 3 atom stereocenters. The van der Waals surface area contributed by atoms with Crippen LogP contribution < -0.4 is 10.6 Å². The third-order valence-electron chi connectivity index (χ3n) is 4.52. The molecule has 0 saturated carbocycles. The summed E-state index contributed by atoms with van der Waals surface area (Å²) in [6.45, 7) is 2.35. The summed E-state index contributed by atoms with van der Waals surface area (Å²) in [6.07, 6.45) is 1.90. The SMILES string of the molecule is CCC[C@@H]1NC(=O)[C@@H]2C[C@H](NC(=O)c3ccc(Cl)cc3)CN2C1=O. The van der Waals surface area contributed by atoms with Gasteiger partial charge in [0.1, 0.15) is 12.1 Å². The predicted octanol–water partition coefficient (Wildman–Crippen LogP) is 1.34. The van der Waals surface area contributed by atoms with Gasteiger partial charge in [0.05, 0.1) is 0 Å². The van der Waals surface area contributed by atoms with Crippen LogP contribution in [0, 0.1) is 0 Å². The van der Waals surface area contributed by atoms with Crippen LogP contribution in [0.2, 0.25) is 5.02 Å². The van der Waals surface area contributed by atoms with Crippen molar-refractivity contribution in [3.63, 3.8) is 0 Å². The Morgan fingerprint density at radius 1 is 1.33 bits per heavy atom. The number of fused-ring (bicyclic) bond motifs is 1. The molecule has 7 heteroatoms. The molecule has 24 heavy (non-hydrogen) atoms. The largest absolute Gasteiger partial charge is 0.347 e. The van der Waals surface area contributed by atoms with Crippen LogP contribution in [0.4, 0.5) is 0 Å². The van der Waals surface area contributed by atoms with E-state index in [0.29, 0.717) is 30.0 Å². The minimum atomic E-state index is -0.485. The fourth-order valence-electron chi connectivity index (χ4n) is 3.32. The highest BCUT2D eigenvalue weighted by atomic mass is 35.5. The summed E-state index contributed by atoms with van der Waals surface area (Å²) >= 11 is 5.82. The number of benzene rings is 1. The van der Waals surface area contributed by atoms with E-state index in [4.69, 9.17) is 11.6 Å². The van der Waals surface area contributed by atoms with Crippen molar-refractivity contribution in [3.8, 4) is 0 Å². The van der Waals surface area contributed by atoms with E-state index >= 15 is 0 Å². The summed E-state index contributed by atoms with van der Waals surface area (Å²) in [5.74, 6) is -0.407. The second kappa shape index (κ2) is 6.81. The van der Waals surface area contributed by atoms with Crippen LogP contribution in [0.5, 0.6) is 0 Å². The van der Waals surface area contributed by atoms with Crippen molar-refractivity contribution in [2.75, 3.05) is 6.54 Å². The molecule has 0 aromatic heterocycles. The smallest absolute Gasteiger partial charge is 0.251 e. The molecular formula is C17H20ClN3O3. The van der Waals surface area contributed by atoms with Crippen LogP contribution >= 0.6 is 11.6 Å². The van der Waals surface area contributed by atoms with Crippen molar-refractivity contribution in [2.45, 2.75) is 44.3 Å². The van der Waals surface area contributed by atoms with E-state index < -0.39 is 12.1 Å². The molecule has 0 spiro atoms. The maximum Gasteiger partial charge on any atom is 0.251 e. The number of amides is 3. The molecule has 2 fully saturated rings. The highest BCUT2D eigenvalue weighted by Crippen LogP contribution is 2.24. The summed E-state index contributed by atoms with van der Waals surface area (Å²) < 4.78 is 0. The minimum absolute atomic E-state index is 0.0512. The van der Waals surface area contributed by atoms with Gasteiger partial charge in [0.15, 0.2) is 0 Å². The highest BCUT2D eigenvalue weighted by molar-refractivity contribution is 6.30. The van der Waals surface area contributed by atoms with Gasteiger partial charge in [-0.1, -0.05) is 24.9 Å². The number of hydrogen-bond donors (Lipinski definition) is 2. The quantitative estimate of drug-likeness (QED) is 0.861. The molecule has 2 saturated heterocycles. The van der Waals surface area contributed by atoms with Crippen LogP contribution in [-0.4, -0.2) is 47.3 Å². The second-order valence-corrected chi connectivity index (χ2v) is 6.71. The molecule has 1 aromatic carbocycles.